The number of rotatable bonds is 5. The molecule has 0 radical (unpaired) electrons. The number of carbonyl (C=O) groups is 3. The van der Waals surface area contributed by atoms with Crippen LogP contribution >= 0.6 is 0 Å². The predicted molar refractivity (Wildman–Crippen MR) is 116 cm³/mol. The number of hydrogen-bond acceptors (Lipinski definition) is 7. The number of alkyl halides is 3. The van der Waals surface area contributed by atoms with Gasteiger partial charge >= 0.3 is 17.8 Å². The number of anilines is 2. The summed E-state index contributed by atoms with van der Waals surface area (Å²) in [6.07, 6.45) is -5.99. The summed E-state index contributed by atoms with van der Waals surface area (Å²) in [7, 11) is 0. The summed E-state index contributed by atoms with van der Waals surface area (Å²) >= 11 is 0. The van der Waals surface area contributed by atoms with Crippen molar-refractivity contribution in [3.63, 3.8) is 0 Å². The molecule has 0 aliphatic carbocycles. The molecular formula is C23H17F3N2O7. The average Bonchev–Trinajstić information content (AvgIpc) is 2.80. The van der Waals surface area contributed by atoms with E-state index in [4.69, 9.17) is 13.9 Å². The zero-order chi connectivity index (χ0) is 25.3. The van der Waals surface area contributed by atoms with E-state index in [0.29, 0.717) is 5.39 Å². The van der Waals surface area contributed by atoms with Crippen molar-refractivity contribution in [3.8, 4) is 5.75 Å². The van der Waals surface area contributed by atoms with E-state index in [1.807, 2.05) is 0 Å². The van der Waals surface area contributed by atoms with Gasteiger partial charge in [-0.25, -0.2) is 9.59 Å². The second kappa shape index (κ2) is 9.12. The molecule has 0 fully saturated rings. The van der Waals surface area contributed by atoms with Crippen LogP contribution in [-0.2, 0) is 25.3 Å². The molecule has 0 saturated carbocycles. The third-order valence-corrected chi connectivity index (χ3v) is 5.06. The second-order valence-electron chi connectivity index (χ2n) is 7.58. The molecular weight excluding hydrogens is 473 g/mol. The molecule has 0 saturated heterocycles. The van der Waals surface area contributed by atoms with Gasteiger partial charge in [0.2, 0.25) is 5.91 Å². The Kier molecular flexibility index (Phi) is 6.20. The maximum atomic E-state index is 13.0. The summed E-state index contributed by atoms with van der Waals surface area (Å²) in [5.74, 6) is -2.20. The lowest BCUT2D eigenvalue weighted by atomic mass is 10.1. The van der Waals surface area contributed by atoms with Crippen LogP contribution in [0.1, 0.15) is 12.5 Å². The maximum absolute atomic E-state index is 13.0. The number of nitrogens with zero attached hydrogens (tertiary/aromatic N) is 1. The number of nitrogens with one attached hydrogen (secondary N) is 1. The highest BCUT2D eigenvalue weighted by atomic mass is 19.4. The van der Waals surface area contributed by atoms with Crippen LogP contribution in [0, 0.1) is 0 Å². The van der Waals surface area contributed by atoms with Crippen LogP contribution in [-0.4, -0.2) is 37.0 Å². The predicted octanol–water partition coefficient (Wildman–Crippen LogP) is 3.11. The topological polar surface area (TPSA) is 115 Å². The Morgan fingerprint density at radius 3 is 2.60 bits per heavy atom. The van der Waals surface area contributed by atoms with Crippen LogP contribution in [0.25, 0.3) is 11.0 Å². The Hall–Kier alpha value is -4.35. The first-order chi connectivity index (χ1) is 16.5. The lowest BCUT2D eigenvalue weighted by Crippen LogP contribution is -2.47. The number of hydrogen-bond donors (Lipinski definition) is 1. The number of carbonyl (C=O) groups excluding carboxylic acids is 3. The molecule has 1 atom stereocenters. The first kappa shape index (κ1) is 23.8. The molecule has 9 nitrogen and oxygen atoms in total. The van der Waals surface area contributed by atoms with Crippen LogP contribution in [0.15, 0.2) is 57.7 Å². The molecule has 3 aromatic rings. The molecule has 182 valence electrons. The van der Waals surface area contributed by atoms with Gasteiger partial charge in [-0.2, -0.15) is 13.2 Å². The van der Waals surface area contributed by atoms with Crippen molar-refractivity contribution in [1.29, 1.82) is 0 Å². The lowest BCUT2D eigenvalue weighted by Gasteiger charge is -2.31. The minimum absolute atomic E-state index is 0.0411. The van der Waals surface area contributed by atoms with E-state index < -0.39 is 54.4 Å². The van der Waals surface area contributed by atoms with Crippen LogP contribution in [0.2, 0.25) is 0 Å². The van der Waals surface area contributed by atoms with Crippen molar-refractivity contribution >= 4 is 40.1 Å². The van der Waals surface area contributed by atoms with Gasteiger partial charge in [-0.3, -0.25) is 14.5 Å². The molecule has 1 unspecified atom stereocenters. The van der Waals surface area contributed by atoms with Crippen molar-refractivity contribution in [1.82, 2.24) is 0 Å². The Morgan fingerprint density at radius 2 is 1.86 bits per heavy atom. The molecule has 1 aliphatic rings. The van der Waals surface area contributed by atoms with Gasteiger partial charge in [0.25, 0.3) is 5.91 Å². The van der Waals surface area contributed by atoms with Gasteiger partial charge in [-0.05, 0) is 43.3 Å². The first-order valence-electron chi connectivity index (χ1n) is 10.2. The van der Waals surface area contributed by atoms with E-state index in [-0.39, 0.29) is 22.7 Å². The average molecular weight is 490 g/mol. The van der Waals surface area contributed by atoms with E-state index in [2.05, 4.69) is 5.32 Å². The van der Waals surface area contributed by atoms with E-state index >= 15 is 0 Å². The number of fused-ring (bicyclic) bond motifs is 2. The molecule has 2 aromatic carbocycles. The van der Waals surface area contributed by atoms with Gasteiger partial charge in [0, 0.05) is 17.5 Å². The Morgan fingerprint density at radius 1 is 1.11 bits per heavy atom. The van der Waals surface area contributed by atoms with Crippen LogP contribution in [0.5, 0.6) is 5.75 Å². The molecule has 2 amide bonds. The Bertz CT molecular complexity index is 1380. The summed E-state index contributed by atoms with van der Waals surface area (Å²) in [4.78, 5) is 49.3. The normalized spacial score (nSPS) is 14.2. The fraction of sp³-hybridized carbons (Fsp3) is 0.217. The lowest BCUT2D eigenvalue weighted by molar-refractivity contribution is -0.155. The Balaban J connectivity index is 1.41. The van der Waals surface area contributed by atoms with Crippen molar-refractivity contribution in [2.24, 2.45) is 0 Å². The molecule has 1 aliphatic heterocycles. The Labute approximate surface area is 195 Å². The number of esters is 1. The highest BCUT2D eigenvalue weighted by Crippen LogP contribution is 2.37. The van der Waals surface area contributed by atoms with Gasteiger partial charge in [-0.1, -0.05) is 0 Å². The van der Waals surface area contributed by atoms with Crippen LogP contribution < -0.4 is 20.6 Å². The maximum Gasteiger partial charge on any atom is 0.416 e. The van der Waals surface area contributed by atoms with Crippen molar-refractivity contribution in [2.75, 3.05) is 23.4 Å². The van der Waals surface area contributed by atoms with Crippen molar-refractivity contribution < 1.29 is 41.4 Å². The minimum Gasteiger partial charge on any atom is -0.482 e. The van der Waals surface area contributed by atoms with Crippen LogP contribution in [0.4, 0.5) is 24.5 Å². The SMILES string of the molecule is CC(OC(=O)COc1ccc2ccc(=O)oc2c1)C(=O)N1CC(=O)Nc2cc(C(F)(F)F)ccc21. The summed E-state index contributed by atoms with van der Waals surface area (Å²) < 4.78 is 54.4. The van der Waals surface area contributed by atoms with Gasteiger partial charge in [0.15, 0.2) is 12.7 Å². The summed E-state index contributed by atoms with van der Waals surface area (Å²) in [6.45, 7) is 0.227. The van der Waals surface area contributed by atoms with E-state index in [1.54, 1.807) is 18.2 Å². The second-order valence-corrected chi connectivity index (χ2v) is 7.58. The van der Waals surface area contributed by atoms with E-state index in [1.165, 1.54) is 19.1 Å². The molecule has 0 bridgehead atoms. The number of halogens is 3. The van der Waals surface area contributed by atoms with Crippen molar-refractivity contribution in [3.05, 3.63) is 64.5 Å². The van der Waals surface area contributed by atoms with Gasteiger partial charge in [0.1, 0.15) is 17.9 Å². The number of benzene rings is 2. The van der Waals surface area contributed by atoms with Gasteiger partial charge in [-0.15, -0.1) is 0 Å². The molecule has 35 heavy (non-hydrogen) atoms. The fourth-order valence-electron chi connectivity index (χ4n) is 3.44. The van der Waals surface area contributed by atoms with Crippen LogP contribution in [0.3, 0.4) is 0 Å². The quantitative estimate of drug-likeness (QED) is 0.432. The highest BCUT2D eigenvalue weighted by molar-refractivity contribution is 6.11. The number of ether oxygens (including phenoxy) is 2. The first-order valence-corrected chi connectivity index (χ1v) is 10.2. The standard InChI is InChI=1S/C23H17F3N2O7/c1-12(34-21(31)11-33-15-5-2-13-3-7-20(30)35-18(13)9-15)22(32)28-10-19(29)27-16-8-14(23(24,25)26)4-6-17(16)28/h2-9,12H,10-11H2,1H3,(H,27,29). The molecule has 0 spiro atoms. The monoisotopic (exact) mass is 490 g/mol. The summed E-state index contributed by atoms with van der Waals surface area (Å²) in [6, 6.07) is 9.97. The van der Waals surface area contributed by atoms with E-state index in [9.17, 15) is 32.3 Å². The van der Waals surface area contributed by atoms with E-state index in [0.717, 1.165) is 23.1 Å². The number of amides is 2. The fourth-order valence-corrected chi connectivity index (χ4v) is 3.44. The molecule has 1 N–H and O–H groups in total. The molecule has 4 rings (SSSR count). The highest BCUT2D eigenvalue weighted by Gasteiger charge is 2.35. The third kappa shape index (κ3) is 5.26. The molecule has 1 aromatic heterocycles. The minimum atomic E-state index is -4.63. The zero-order valence-electron chi connectivity index (χ0n) is 18.0. The largest absolute Gasteiger partial charge is 0.482 e. The van der Waals surface area contributed by atoms with Gasteiger partial charge in [0.05, 0.1) is 16.9 Å². The summed E-state index contributed by atoms with van der Waals surface area (Å²) in [5.41, 5.74) is -1.43. The molecule has 12 heteroatoms. The smallest absolute Gasteiger partial charge is 0.416 e. The van der Waals surface area contributed by atoms with Crippen molar-refractivity contribution in [2.45, 2.75) is 19.2 Å². The zero-order valence-corrected chi connectivity index (χ0v) is 18.0. The molecule has 2 heterocycles. The van der Waals surface area contributed by atoms with Gasteiger partial charge < -0.3 is 19.2 Å². The third-order valence-electron chi connectivity index (χ3n) is 5.06. The summed E-state index contributed by atoms with van der Waals surface area (Å²) in [5, 5.41) is 2.95.